The SMILES string of the molecule is O=C(O)c1ccc(NC(=O)c2cccc(NS(=O)(=O)c3ccc4ccccc4c3)c2)cc1. The smallest absolute Gasteiger partial charge is 0.335 e. The van der Waals surface area contributed by atoms with Crippen LogP contribution in [-0.4, -0.2) is 25.4 Å². The molecule has 0 bridgehead atoms. The fourth-order valence-corrected chi connectivity index (χ4v) is 4.26. The second-order valence-corrected chi connectivity index (χ2v) is 8.71. The number of aromatic carboxylic acids is 1. The van der Waals surface area contributed by atoms with Gasteiger partial charge in [-0.1, -0.05) is 36.4 Å². The van der Waals surface area contributed by atoms with E-state index in [-0.39, 0.29) is 21.7 Å². The van der Waals surface area contributed by atoms with E-state index in [1.165, 1.54) is 36.4 Å². The average molecular weight is 446 g/mol. The van der Waals surface area contributed by atoms with Gasteiger partial charge in [-0.05, 0) is 65.4 Å². The predicted molar refractivity (Wildman–Crippen MR) is 123 cm³/mol. The summed E-state index contributed by atoms with van der Waals surface area (Å²) >= 11 is 0. The Morgan fingerprint density at radius 2 is 1.41 bits per heavy atom. The van der Waals surface area contributed by atoms with Crippen molar-refractivity contribution in [2.45, 2.75) is 4.90 Å². The van der Waals surface area contributed by atoms with Crippen LogP contribution in [0.5, 0.6) is 0 Å². The summed E-state index contributed by atoms with van der Waals surface area (Å²) in [5.41, 5.74) is 1.01. The summed E-state index contributed by atoms with van der Waals surface area (Å²) in [4.78, 5) is 23.6. The van der Waals surface area contributed by atoms with Crippen LogP contribution in [0, 0.1) is 0 Å². The van der Waals surface area contributed by atoms with Crippen LogP contribution < -0.4 is 10.0 Å². The molecule has 1 amide bonds. The van der Waals surface area contributed by atoms with Crippen molar-refractivity contribution in [3.8, 4) is 0 Å². The number of carbonyl (C=O) groups excluding carboxylic acids is 1. The summed E-state index contributed by atoms with van der Waals surface area (Å²) in [5, 5.41) is 13.3. The third kappa shape index (κ3) is 4.60. The number of carbonyl (C=O) groups is 2. The maximum Gasteiger partial charge on any atom is 0.335 e. The molecular weight excluding hydrogens is 428 g/mol. The molecule has 0 saturated carbocycles. The molecule has 0 radical (unpaired) electrons. The van der Waals surface area contributed by atoms with Crippen LogP contribution in [0.3, 0.4) is 0 Å². The van der Waals surface area contributed by atoms with E-state index in [9.17, 15) is 18.0 Å². The number of hydrogen-bond acceptors (Lipinski definition) is 4. The van der Waals surface area contributed by atoms with Crippen molar-refractivity contribution < 1.29 is 23.1 Å². The molecule has 0 unspecified atom stereocenters. The maximum absolute atomic E-state index is 12.8. The molecule has 3 N–H and O–H groups in total. The van der Waals surface area contributed by atoms with Crippen LogP contribution in [-0.2, 0) is 10.0 Å². The molecule has 0 aromatic heterocycles. The number of carboxylic acid groups (broad SMARTS) is 1. The highest BCUT2D eigenvalue weighted by molar-refractivity contribution is 7.92. The zero-order chi connectivity index (χ0) is 22.7. The van der Waals surface area contributed by atoms with Gasteiger partial charge in [0, 0.05) is 16.9 Å². The summed E-state index contributed by atoms with van der Waals surface area (Å²) in [6.07, 6.45) is 0. The van der Waals surface area contributed by atoms with Gasteiger partial charge in [0.15, 0.2) is 0 Å². The highest BCUT2D eigenvalue weighted by Crippen LogP contribution is 2.22. The molecule has 7 nitrogen and oxygen atoms in total. The molecule has 160 valence electrons. The number of benzene rings is 4. The van der Waals surface area contributed by atoms with E-state index in [4.69, 9.17) is 5.11 Å². The monoisotopic (exact) mass is 446 g/mol. The van der Waals surface area contributed by atoms with Gasteiger partial charge < -0.3 is 10.4 Å². The Kier molecular flexibility index (Phi) is 5.61. The second-order valence-electron chi connectivity index (χ2n) is 7.03. The summed E-state index contributed by atoms with van der Waals surface area (Å²) in [6.45, 7) is 0. The Labute approximate surface area is 184 Å². The number of anilines is 2. The minimum absolute atomic E-state index is 0.105. The van der Waals surface area contributed by atoms with Crippen LogP contribution in [0.15, 0.2) is 95.9 Å². The standard InChI is InChI=1S/C24H18N2O5S/c27-23(25-20-11-8-17(9-12-20)24(28)29)19-6-3-7-21(14-19)26-32(30,31)22-13-10-16-4-1-2-5-18(16)15-22/h1-15,26H,(H,25,27)(H,28,29). The van der Waals surface area contributed by atoms with Gasteiger partial charge in [-0.2, -0.15) is 0 Å². The molecule has 8 heteroatoms. The normalized spacial score (nSPS) is 11.1. The largest absolute Gasteiger partial charge is 0.478 e. The van der Waals surface area contributed by atoms with Crippen LogP contribution in [0.25, 0.3) is 10.8 Å². The highest BCUT2D eigenvalue weighted by atomic mass is 32.2. The molecular formula is C24H18N2O5S. The van der Waals surface area contributed by atoms with Gasteiger partial charge in [0.25, 0.3) is 15.9 Å². The molecule has 0 fully saturated rings. The van der Waals surface area contributed by atoms with Gasteiger partial charge in [-0.3, -0.25) is 9.52 Å². The minimum atomic E-state index is -3.86. The summed E-state index contributed by atoms with van der Waals surface area (Å²) < 4.78 is 28.2. The van der Waals surface area contributed by atoms with E-state index in [2.05, 4.69) is 10.0 Å². The predicted octanol–water partition coefficient (Wildman–Crippen LogP) is 4.59. The van der Waals surface area contributed by atoms with Crippen LogP contribution >= 0.6 is 0 Å². The summed E-state index contributed by atoms with van der Waals surface area (Å²) in [5.74, 6) is -1.52. The molecule has 4 aromatic carbocycles. The quantitative estimate of drug-likeness (QED) is 0.401. The first-order valence-corrected chi connectivity index (χ1v) is 11.1. The molecule has 4 rings (SSSR count). The van der Waals surface area contributed by atoms with E-state index < -0.39 is 21.9 Å². The third-order valence-corrected chi connectivity index (χ3v) is 6.18. The Bertz CT molecular complexity index is 1430. The van der Waals surface area contributed by atoms with Crippen molar-refractivity contribution in [3.05, 3.63) is 102 Å². The molecule has 0 aliphatic carbocycles. The fourth-order valence-electron chi connectivity index (χ4n) is 3.17. The molecule has 4 aromatic rings. The van der Waals surface area contributed by atoms with Gasteiger partial charge in [-0.15, -0.1) is 0 Å². The topological polar surface area (TPSA) is 113 Å². The van der Waals surface area contributed by atoms with Crippen molar-refractivity contribution in [1.29, 1.82) is 0 Å². The number of rotatable bonds is 6. The van der Waals surface area contributed by atoms with Crippen molar-refractivity contribution in [2.75, 3.05) is 10.0 Å². The number of amides is 1. The Morgan fingerprint density at radius 3 is 2.12 bits per heavy atom. The van der Waals surface area contributed by atoms with Gasteiger partial charge in [0.1, 0.15) is 0 Å². The molecule has 0 heterocycles. The Morgan fingerprint density at radius 1 is 0.688 bits per heavy atom. The summed E-state index contributed by atoms with van der Waals surface area (Å²) in [7, 11) is -3.86. The number of fused-ring (bicyclic) bond motifs is 1. The zero-order valence-corrected chi connectivity index (χ0v) is 17.5. The van der Waals surface area contributed by atoms with E-state index in [1.54, 1.807) is 30.3 Å². The Balaban J connectivity index is 1.52. The lowest BCUT2D eigenvalue weighted by atomic mass is 10.1. The zero-order valence-electron chi connectivity index (χ0n) is 16.6. The third-order valence-electron chi connectivity index (χ3n) is 4.80. The molecule has 0 spiro atoms. The van der Waals surface area contributed by atoms with Crippen molar-refractivity contribution in [2.24, 2.45) is 0 Å². The van der Waals surface area contributed by atoms with Gasteiger partial charge in [-0.25, -0.2) is 13.2 Å². The number of carboxylic acids is 1. The van der Waals surface area contributed by atoms with Gasteiger partial charge in [0.05, 0.1) is 10.5 Å². The Hall–Kier alpha value is -4.17. The second kappa shape index (κ2) is 8.52. The number of sulfonamides is 1. The van der Waals surface area contributed by atoms with Crippen LogP contribution in [0.4, 0.5) is 11.4 Å². The fraction of sp³-hybridized carbons (Fsp3) is 0. The lowest BCUT2D eigenvalue weighted by Crippen LogP contribution is -2.15. The van der Waals surface area contributed by atoms with Gasteiger partial charge in [0.2, 0.25) is 0 Å². The summed E-state index contributed by atoms with van der Waals surface area (Å²) in [6, 6.07) is 24.1. The molecule has 0 saturated heterocycles. The van der Waals surface area contributed by atoms with Crippen molar-refractivity contribution in [1.82, 2.24) is 0 Å². The highest BCUT2D eigenvalue weighted by Gasteiger charge is 2.16. The molecule has 0 aliphatic heterocycles. The van der Waals surface area contributed by atoms with Crippen molar-refractivity contribution in [3.63, 3.8) is 0 Å². The van der Waals surface area contributed by atoms with Crippen LogP contribution in [0.2, 0.25) is 0 Å². The first kappa shape index (κ1) is 21.1. The van der Waals surface area contributed by atoms with Crippen molar-refractivity contribution >= 4 is 44.0 Å². The van der Waals surface area contributed by atoms with Crippen LogP contribution in [0.1, 0.15) is 20.7 Å². The molecule has 32 heavy (non-hydrogen) atoms. The first-order chi connectivity index (χ1) is 15.3. The maximum atomic E-state index is 12.8. The minimum Gasteiger partial charge on any atom is -0.478 e. The number of hydrogen-bond donors (Lipinski definition) is 3. The first-order valence-electron chi connectivity index (χ1n) is 9.58. The average Bonchev–Trinajstić information content (AvgIpc) is 2.79. The van der Waals surface area contributed by atoms with E-state index in [1.807, 2.05) is 24.3 Å². The lowest BCUT2D eigenvalue weighted by Gasteiger charge is -2.11. The van der Waals surface area contributed by atoms with E-state index in [0.29, 0.717) is 5.69 Å². The molecule has 0 atom stereocenters. The van der Waals surface area contributed by atoms with E-state index in [0.717, 1.165) is 10.8 Å². The lowest BCUT2D eigenvalue weighted by molar-refractivity contribution is 0.0696. The van der Waals surface area contributed by atoms with Gasteiger partial charge >= 0.3 is 5.97 Å². The number of nitrogens with one attached hydrogen (secondary N) is 2. The van der Waals surface area contributed by atoms with E-state index >= 15 is 0 Å². The molecule has 0 aliphatic rings.